The van der Waals surface area contributed by atoms with Gasteiger partial charge >= 0.3 is 5.97 Å². The average molecular weight is 286 g/mol. The molecule has 0 fully saturated rings. The summed E-state index contributed by atoms with van der Waals surface area (Å²) in [6.07, 6.45) is 0. The van der Waals surface area contributed by atoms with Gasteiger partial charge in [-0.05, 0) is 39.0 Å². The summed E-state index contributed by atoms with van der Waals surface area (Å²) in [5, 5.41) is 2.97. The molecule has 0 saturated carbocycles. The summed E-state index contributed by atoms with van der Waals surface area (Å²) in [7, 11) is 1.77. The summed E-state index contributed by atoms with van der Waals surface area (Å²) in [4.78, 5) is 11.9. The molecule has 0 atom stereocenters. The lowest BCUT2D eigenvalue weighted by molar-refractivity contribution is 0.00706. The van der Waals surface area contributed by atoms with Gasteiger partial charge in [0.05, 0.1) is 5.56 Å². The number of carbonyl (C=O) groups excluding carboxylic acids is 1. The Morgan fingerprint density at radius 1 is 1.38 bits per heavy atom. The average Bonchev–Trinajstić information content (AvgIpc) is 2.15. The molecule has 0 amide bonds. The van der Waals surface area contributed by atoms with Crippen molar-refractivity contribution in [1.29, 1.82) is 0 Å². The smallest absolute Gasteiger partial charge is 0.340 e. The molecule has 0 aliphatic heterocycles. The number of halogens is 1. The zero-order valence-corrected chi connectivity index (χ0v) is 11.5. The molecular formula is C12H16BrNO2. The Bertz CT molecular complexity index is 396. The minimum absolute atomic E-state index is 0.321. The Kier molecular flexibility index (Phi) is 3.97. The Labute approximate surface area is 104 Å². The van der Waals surface area contributed by atoms with Crippen molar-refractivity contribution in [3.8, 4) is 0 Å². The summed E-state index contributed by atoms with van der Waals surface area (Å²) in [5.74, 6) is -0.321. The quantitative estimate of drug-likeness (QED) is 0.846. The first kappa shape index (κ1) is 13.0. The Hall–Kier alpha value is -1.03. The summed E-state index contributed by atoms with van der Waals surface area (Å²) < 4.78 is 6.18. The van der Waals surface area contributed by atoms with E-state index >= 15 is 0 Å². The summed E-state index contributed by atoms with van der Waals surface area (Å²) >= 11 is 3.34. The van der Waals surface area contributed by atoms with Gasteiger partial charge in [0, 0.05) is 17.2 Å². The first-order chi connectivity index (χ1) is 7.33. The molecule has 1 aromatic rings. The van der Waals surface area contributed by atoms with Crippen molar-refractivity contribution in [2.45, 2.75) is 26.4 Å². The van der Waals surface area contributed by atoms with E-state index in [1.165, 1.54) is 0 Å². The number of ether oxygens (including phenoxy) is 1. The number of hydrogen-bond acceptors (Lipinski definition) is 3. The van der Waals surface area contributed by atoms with Crippen LogP contribution in [0, 0.1) is 0 Å². The lowest BCUT2D eigenvalue weighted by Crippen LogP contribution is -2.24. The highest BCUT2D eigenvalue weighted by Gasteiger charge is 2.20. The number of rotatable bonds is 2. The Morgan fingerprint density at radius 2 is 2.00 bits per heavy atom. The van der Waals surface area contributed by atoms with E-state index in [9.17, 15) is 4.79 Å². The molecule has 0 spiro atoms. The Morgan fingerprint density at radius 3 is 2.50 bits per heavy atom. The fourth-order valence-electron chi connectivity index (χ4n) is 1.24. The largest absolute Gasteiger partial charge is 0.456 e. The molecule has 3 nitrogen and oxygen atoms in total. The van der Waals surface area contributed by atoms with Crippen LogP contribution in [-0.4, -0.2) is 18.6 Å². The van der Waals surface area contributed by atoms with Gasteiger partial charge < -0.3 is 10.1 Å². The number of hydrogen-bond donors (Lipinski definition) is 1. The molecule has 1 aromatic carbocycles. The minimum atomic E-state index is -0.482. The topological polar surface area (TPSA) is 38.3 Å². The lowest BCUT2D eigenvalue weighted by Gasteiger charge is -2.20. The van der Waals surface area contributed by atoms with Gasteiger partial charge in [0.2, 0.25) is 0 Å². The molecule has 88 valence electrons. The van der Waals surface area contributed by atoms with Crippen LogP contribution in [0.15, 0.2) is 22.7 Å². The number of anilines is 1. The van der Waals surface area contributed by atoms with Crippen LogP contribution in [-0.2, 0) is 4.74 Å². The molecule has 0 aromatic heterocycles. The third-order valence-electron chi connectivity index (χ3n) is 1.87. The van der Waals surface area contributed by atoms with Crippen molar-refractivity contribution in [1.82, 2.24) is 0 Å². The molecule has 0 radical (unpaired) electrons. The van der Waals surface area contributed by atoms with Crippen LogP contribution in [0.3, 0.4) is 0 Å². The predicted octanol–water partition coefficient (Wildman–Crippen LogP) is 3.45. The highest BCUT2D eigenvalue weighted by Crippen LogP contribution is 2.23. The lowest BCUT2D eigenvalue weighted by atomic mass is 10.1. The molecule has 1 N–H and O–H groups in total. The van der Waals surface area contributed by atoms with E-state index in [1.54, 1.807) is 13.1 Å². The van der Waals surface area contributed by atoms with E-state index < -0.39 is 5.60 Å². The van der Waals surface area contributed by atoms with Gasteiger partial charge in [-0.1, -0.05) is 15.9 Å². The standard InChI is InChI=1S/C12H16BrNO2/c1-12(2,3)16-11(15)9-7-8(13)5-6-10(9)14-4/h5-7,14H,1-4H3. The monoisotopic (exact) mass is 285 g/mol. The molecule has 0 bridgehead atoms. The second-order valence-corrected chi connectivity index (χ2v) is 5.36. The fourth-order valence-corrected chi connectivity index (χ4v) is 1.60. The van der Waals surface area contributed by atoms with Gasteiger partial charge in [-0.2, -0.15) is 0 Å². The van der Waals surface area contributed by atoms with Gasteiger partial charge in [0.25, 0.3) is 0 Å². The van der Waals surface area contributed by atoms with Gasteiger partial charge in [0.15, 0.2) is 0 Å². The maximum Gasteiger partial charge on any atom is 0.340 e. The first-order valence-corrected chi connectivity index (χ1v) is 5.83. The van der Waals surface area contributed by atoms with E-state index in [1.807, 2.05) is 32.9 Å². The van der Waals surface area contributed by atoms with Crippen molar-refractivity contribution in [3.63, 3.8) is 0 Å². The third-order valence-corrected chi connectivity index (χ3v) is 2.36. The van der Waals surface area contributed by atoms with E-state index in [-0.39, 0.29) is 5.97 Å². The van der Waals surface area contributed by atoms with Crippen molar-refractivity contribution in [3.05, 3.63) is 28.2 Å². The third kappa shape index (κ3) is 3.52. The highest BCUT2D eigenvalue weighted by atomic mass is 79.9. The molecule has 4 heteroatoms. The molecule has 0 saturated heterocycles. The van der Waals surface area contributed by atoms with Crippen LogP contribution < -0.4 is 5.32 Å². The SMILES string of the molecule is CNc1ccc(Br)cc1C(=O)OC(C)(C)C. The van der Waals surface area contributed by atoms with Crippen LogP contribution in [0.4, 0.5) is 5.69 Å². The predicted molar refractivity (Wildman–Crippen MR) is 68.9 cm³/mol. The zero-order valence-electron chi connectivity index (χ0n) is 9.93. The number of carbonyl (C=O) groups is 1. The molecular weight excluding hydrogens is 270 g/mol. The normalized spacial score (nSPS) is 11.1. The van der Waals surface area contributed by atoms with Crippen LogP contribution in [0.2, 0.25) is 0 Å². The van der Waals surface area contributed by atoms with E-state index in [2.05, 4.69) is 21.2 Å². The van der Waals surface area contributed by atoms with Crippen LogP contribution in [0.5, 0.6) is 0 Å². The molecule has 0 aliphatic carbocycles. The van der Waals surface area contributed by atoms with Gasteiger partial charge in [0.1, 0.15) is 5.60 Å². The van der Waals surface area contributed by atoms with Gasteiger partial charge in [-0.3, -0.25) is 0 Å². The second-order valence-electron chi connectivity index (χ2n) is 4.44. The number of esters is 1. The Balaban J connectivity index is 3.02. The van der Waals surface area contributed by atoms with Crippen molar-refractivity contribution in [2.24, 2.45) is 0 Å². The van der Waals surface area contributed by atoms with Gasteiger partial charge in [-0.25, -0.2) is 4.79 Å². The summed E-state index contributed by atoms with van der Waals surface area (Å²) in [6, 6.07) is 5.46. The fraction of sp³-hybridized carbons (Fsp3) is 0.417. The van der Waals surface area contributed by atoms with Crippen LogP contribution in [0.1, 0.15) is 31.1 Å². The van der Waals surface area contributed by atoms with E-state index in [0.29, 0.717) is 5.56 Å². The molecule has 16 heavy (non-hydrogen) atoms. The molecule has 1 rings (SSSR count). The molecule has 0 unspecified atom stereocenters. The summed E-state index contributed by atoms with van der Waals surface area (Å²) in [6.45, 7) is 5.55. The van der Waals surface area contributed by atoms with Crippen molar-refractivity contribution >= 4 is 27.6 Å². The molecule has 0 aliphatic rings. The minimum Gasteiger partial charge on any atom is -0.456 e. The van der Waals surface area contributed by atoms with Crippen LogP contribution >= 0.6 is 15.9 Å². The maximum absolute atomic E-state index is 11.9. The van der Waals surface area contributed by atoms with Crippen molar-refractivity contribution in [2.75, 3.05) is 12.4 Å². The van der Waals surface area contributed by atoms with E-state index in [4.69, 9.17) is 4.74 Å². The second kappa shape index (κ2) is 4.87. The highest BCUT2D eigenvalue weighted by molar-refractivity contribution is 9.10. The van der Waals surface area contributed by atoms with E-state index in [0.717, 1.165) is 10.2 Å². The molecule has 0 heterocycles. The van der Waals surface area contributed by atoms with Crippen LogP contribution in [0.25, 0.3) is 0 Å². The maximum atomic E-state index is 11.9. The van der Waals surface area contributed by atoms with Crippen molar-refractivity contribution < 1.29 is 9.53 Å². The zero-order chi connectivity index (χ0) is 12.3. The number of benzene rings is 1. The number of nitrogens with one attached hydrogen (secondary N) is 1. The first-order valence-electron chi connectivity index (χ1n) is 5.04. The van der Waals surface area contributed by atoms with Gasteiger partial charge in [-0.15, -0.1) is 0 Å². The summed E-state index contributed by atoms with van der Waals surface area (Å²) in [5.41, 5.74) is 0.814.